The minimum Gasteiger partial charge on any atom is -0.396 e. The van der Waals surface area contributed by atoms with Crippen molar-refractivity contribution in [2.75, 3.05) is 26.9 Å². The van der Waals surface area contributed by atoms with E-state index in [1.807, 2.05) is 13.8 Å². The van der Waals surface area contributed by atoms with Crippen LogP contribution in [0.1, 0.15) is 26.7 Å². The Hall–Kier alpha value is -0.610. The number of hydrogen-bond acceptors (Lipinski definition) is 3. The van der Waals surface area contributed by atoms with Crippen LogP contribution in [-0.2, 0) is 9.53 Å². The van der Waals surface area contributed by atoms with Gasteiger partial charge in [-0.1, -0.05) is 13.8 Å². The van der Waals surface area contributed by atoms with Crippen LogP contribution < -0.4 is 5.32 Å². The number of methoxy groups -OCH3 is 1. The van der Waals surface area contributed by atoms with Gasteiger partial charge in [0.25, 0.3) is 0 Å². The van der Waals surface area contributed by atoms with Gasteiger partial charge in [0, 0.05) is 32.8 Å². The Morgan fingerprint density at radius 1 is 1.40 bits per heavy atom. The van der Waals surface area contributed by atoms with Gasteiger partial charge in [-0.3, -0.25) is 4.79 Å². The molecule has 0 saturated carbocycles. The molecule has 4 heteroatoms. The molecule has 0 aromatic rings. The van der Waals surface area contributed by atoms with E-state index in [0.29, 0.717) is 19.1 Å². The third-order valence-corrected chi connectivity index (χ3v) is 2.45. The van der Waals surface area contributed by atoms with Crippen molar-refractivity contribution in [3.8, 4) is 0 Å². The maximum Gasteiger partial charge on any atom is 0.222 e. The number of rotatable bonds is 8. The van der Waals surface area contributed by atoms with Crippen molar-refractivity contribution < 1.29 is 14.6 Å². The second-order valence-corrected chi connectivity index (χ2v) is 4.05. The molecule has 0 aliphatic carbocycles. The van der Waals surface area contributed by atoms with Crippen molar-refractivity contribution in [1.82, 2.24) is 5.32 Å². The van der Waals surface area contributed by atoms with E-state index in [1.165, 1.54) is 0 Å². The summed E-state index contributed by atoms with van der Waals surface area (Å²) in [7, 11) is 1.63. The molecule has 15 heavy (non-hydrogen) atoms. The van der Waals surface area contributed by atoms with Gasteiger partial charge in [0.05, 0.1) is 0 Å². The smallest absolute Gasteiger partial charge is 0.222 e. The first-order valence-electron chi connectivity index (χ1n) is 5.49. The maximum absolute atomic E-state index is 11.5. The zero-order valence-electron chi connectivity index (χ0n) is 9.95. The van der Waals surface area contributed by atoms with Crippen LogP contribution in [0.5, 0.6) is 0 Å². The summed E-state index contributed by atoms with van der Waals surface area (Å²) in [6.07, 6.45) is 1.48. The lowest BCUT2D eigenvalue weighted by molar-refractivity contribution is -0.125. The Morgan fingerprint density at radius 3 is 2.60 bits per heavy atom. The van der Waals surface area contributed by atoms with Gasteiger partial charge in [0.2, 0.25) is 5.91 Å². The van der Waals surface area contributed by atoms with E-state index < -0.39 is 0 Å². The van der Waals surface area contributed by atoms with Gasteiger partial charge in [-0.05, 0) is 18.8 Å². The van der Waals surface area contributed by atoms with Gasteiger partial charge in [0.15, 0.2) is 0 Å². The Labute approximate surface area is 92.0 Å². The molecule has 2 N–H and O–H groups in total. The fourth-order valence-corrected chi connectivity index (χ4v) is 1.20. The Morgan fingerprint density at radius 2 is 2.07 bits per heavy atom. The highest BCUT2D eigenvalue weighted by molar-refractivity contribution is 5.78. The molecule has 2 unspecified atom stereocenters. The third-order valence-electron chi connectivity index (χ3n) is 2.45. The quantitative estimate of drug-likeness (QED) is 0.632. The summed E-state index contributed by atoms with van der Waals surface area (Å²) < 4.78 is 4.91. The second kappa shape index (κ2) is 8.68. The molecular weight excluding hydrogens is 194 g/mol. The highest BCUT2D eigenvalue weighted by Gasteiger charge is 2.12. The number of amides is 1. The number of nitrogens with one attached hydrogen (secondary N) is 1. The number of aliphatic hydroxyl groups is 1. The van der Waals surface area contributed by atoms with Gasteiger partial charge in [-0.25, -0.2) is 0 Å². The van der Waals surface area contributed by atoms with Crippen LogP contribution in [0, 0.1) is 11.8 Å². The molecule has 0 fully saturated rings. The van der Waals surface area contributed by atoms with Crippen molar-refractivity contribution in [1.29, 1.82) is 0 Å². The van der Waals surface area contributed by atoms with Crippen molar-refractivity contribution in [2.45, 2.75) is 26.7 Å². The molecule has 0 rings (SSSR count). The van der Waals surface area contributed by atoms with Crippen LogP contribution >= 0.6 is 0 Å². The predicted molar refractivity (Wildman–Crippen MR) is 59.5 cm³/mol. The lowest BCUT2D eigenvalue weighted by atomic mass is 10.1. The van der Waals surface area contributed by atoms with Gasteiger partial charge in [0.1, 0.15) is 0 Å². The van der Waals surface area contributed by atoms with Crippen LogP contribution in [-0.4, -0.2) is 37.9 Å². The normalized spacial score (nSPS) is 14.7. The number of ether oxygens (including phenoxy) is 1. The van der Waals surface area contributed by atoms with Crippen LogP contribution in [0.25, 0.3) is 0 Å². The molecule has 0 aromatic heterocycles. The minimum absolute atomic E-state index is 0.00808. The second-order valence-electron chi connectivity index (χ2n) is 4.05. The monoisotopic (exact) mass is 217 g/mol. The van der Waals surface area contributed by atoms with Crippen LogP contribution in [0.15, 0.2) is 0 Å². The van der Waals surface area contributed by atoms with E-state index in [9.17, 15) is 4.79 Å². The minimum atomic E-state index is -0.00808. The lowest BCUT2D eigenvalue weighted by Crippen LogP contribution is -2.33. The maximum atomic E-state index is 11.5. The van der Waals surface area contributed by atoms with E-state index in [4.69, 9.17) is 9.84 Å². The Balaban J connectivity index is 3.63. The molecule has 0 aromatic carbocycles. The predicted octanol–water partition coefficient (Wildman–Crippen LogP) is 0.794. The summed E-state index contributed by atoms with van der Waals surface area (Å²) in [4.78, 5) is 11.5. The fourth-order valence-electron chi connectivity index (χ4n) is 1.20. The highest BCUT2D eigenvalue weighted by atomic mass is 16.5. The number of aliphatic hydroxyl groups excluding tert-OH is 1. The molecule has 0 heterocycles. The molecule has 1 amide bonds. The molecular formula is C11H23NO3. The summed E-state index contributed by atoms with van der Waals surface area (Å²) in [5, 5.41) is 11.6. The number of carbonyl (C=O) groups is 1. The molecule has 0 saturated heterocycles. The SMILES string of the molecule is COCCC(C)C(=O)NCC(C)CCO. The van der Waals surface area contributed by atoms with Crippen molar-refractivity contribution in [3.05, 3.63) is 0 Å². The van der Waals surface area contributed by atoms with Crippen LogP contribution in [0.3, 0.4) is 0 Å². The molecule has 0 radical (unpaired) electrons. The summed E-state index contributed by atoms with van der Waals surface area (Å²) in [5.74, 6) is 0.386. The zero-order valence-corrected chi connectivity index (χ0v) is 9.95. The zero-order chi connectivity index (χ0) is 11.7. The summed E-state index contributed by atoms with van der Waals surface area (Å²) >= 11 is 0. The van der Waals surface area contributed by atoms with Crippen molar-refractivity contribution in [3.63, 3.8) is 0 Å². The summed E-state index contributed by atoms with van der Waals surface area (Å²) in [6.45, 7) is 5.33. The Kier molecular flexibility index (Phi) is 8.33. The van der Waals surface area contributed by atoms with E-state index in [2.05, 4.69) is 5.32 Å². The van der Waals surface area contributed by atoms with Crippen LogP contribution in [0.2, 0.25) is 0 Å². The molecule has 0 aliphatic rings. The average Bonchev–Trinajstić information content (AvgIpc) is 2.22. The summed E-state index contributed by atoms with van der Waals surface area (Å²) in [5.41, 5.74) is 0. The van der Waals surface area contributed by atoms with Gasteiger partial charge < -0.3 is 15.2 Å². The van der Waals surface area contributed by atoms with E-state index >= 15 is 0 Å². The van der Waals surface area contributed by atoms with Gasteiger partial charge in [-0.2, -0.15) is 0 Å². The van der Waals surface area contributed by atoms with Crippen molar-refractivity contribution >= 4 is 5.91 Å². The van der Waals surface area contributed by atoms with E-state index in [-0.39, 0.29) is 18.4 Å². The largest absolute Gasteiger partial charge is 0.396 e. The number of hydrogen-bond donors (Lipinski definition) is 2. The average molecular weight is 217 g/mol. The molecule has 4 nitrogen and oxygen atoms in total. The first-order chi connectivity index (χ1) is 7.11. The Bertz CT molecular complexity index is 173. The van der Waals surface area contributed by atoms with Gasteiger partial charge >= 0.3 is 0 Å². The van der Waals surface area contributed by atoms with Gasteiger partial charge in [-0.15, -0.1) is 0 Å². The molecule has 2 atom stereocenters. The molecule has 90 valence electrons. The first-order valence-corrected chi connectivity index (χ1v) is 5.49. The molecule has 0 bridgehead atoms. The lowest BCUT2D eigenvalue weighted by Gasteiger charge is -2.14. The van der Waals surface area contributed by atoms with E-state index in [0.717, 1.165) is 12.8 Å². The van der Waals surface area contributed by atoms with E-state index in [1.54, 1.807) is 7.11 Å². The van der Waals surface area contributed by atoms with Crippen molar-refractivity contribution in [2.24, 2.45) is 11.8 Å². The number of carbonyl (C=O) groups excluding carboxylic acids is 1. The summed E-state index contributed by atoms with van der Waals surface area (Å²) in [6, 6.07) is 0. The third kappa shape index (κ3) is 7.33. The highest BCUT2D eigenvalue weighted by Crippen LogP contribution is 2.03. The van der Waals surface area contributed by atoms with Crippen LogP contribution in [0.4, 0.5) is 0 Å². The topological polar surface area (TPSA) is 58.6 Å². The first kappa shape index (κ1) is 14.4. The molecule has 0 aliphatic heterocycles. The molecule has 0 spiro atoms. The fraction of sp³-hybridized carbons (Fsp3) is 0.909. The standard InChI is InChI=1S/C11H23NO3/c1-9(4-6-13)8-12-11(14)10(2)5-7-15-3/h9-10,13H,4-8H2,1-3H3,(H,12,14).